The highest BCUT2D eigenvalue weighted by atomic mass is 79.9. The standard InChI is InChI=1S/C15H16BrNO4S/c1-3-21-14(18)15(9-17)12(13(15)22(19,20)4-2)10-5-7-11(16)8-6-10/h5-8,12-13H,3-4H2,1-2H3/t12-,13+,15+/m1/s1. The minimum absolute atomic E-state index is 0.105. The first-order valence-electron chi connectivity index (χ1n) is 6.90. The number of ether oxygens (including phenoxy) is 1. The van der Waals surface area contributed by atoms with Crippen LogP contribution in [0.5, 0.6) is 0 Å². The molecular formula is C15H16BrNO4S. The predicted octanol–water partition coefficient (Wildman–Crippen LogP) is 2.42. The van der Waals surface area contributed by atoms with E-state index in [0.717, 1.165) is 4.47 Å². The molecule has 0 N–H and O–H groups in total. The molecule has 1 aromatic rings. The van der Waals surface area contributed by atoms with Gasteiger partial charge in [-0.2, -0.15) is 5.26 Å². The Kier molecular flexibility index (Phi) is 4.64. The molecule has 0 amide bonds. The van der Waals surface area contributed by atoms with Gasteiger partial charge in [0.05, 0.1) is 12.7 Å². The lowest BCUT2D eigenvalue weighted by Gasteiger charge is -2.08. The fraction of sp³-hybridized carbons (Fsp3) is 0.467. The van der Waals surface area contributed by atoms with Crippen molar-refractivity contribution in [2.75, 3.05) is 12.4 Å². The van der Waals surface area contributed by atoms with Crippen LogP contribution in [0.25, 0.3) is 0 Å². The highest BCUT2D eigenvalue weighted by Crippen LogP contribution is 2.63. The molecule has 0 aliphatic heterocycles. The molecule has 1 aliphatic carbocycles. The number of nitrogens with zero attached hydrogens (tertiary/aromatic N) is 1. The third-order valence-corrected chi connectivity index (χ3v) is 6.70. The van der Waals surface area contributed by atoms with Gasteiger partial charge in [0.2, 0.25) is 0 Å². The predicted molar refractivity (Wildman–Crippen MR) is 84.8 cm³/mol. The van der Waals surface area contributed by atoms with E-state index in [1.54, 1.807) is 31.2 Å². The van der Waals surface area contributed by atoms with E-state index in [-0.39, 0.29) is 12.4 Å². The molecule has 7 heteroatoms. The molecule has 1 fully saturated rings. The molecular weight excluding hydrogens is 370 g/mol. The van der Waals surface area contributed by atoms with Crippen molar-refractivity contribution in [2.24, 2.45) is 5.41 Å². The van der Waals surface area contributed by atoms with Gasteiger partial charge in [0, 0.05) is 16.1 Å². The molecule has 0 heterocycles. The number of hydrogen-bond donors (Lipinski definition) is 0. The Hall–Kier alpha value is -1.39. The summed E-state index contributed by atoms with van der Waals surface area (Å²) in [5.41, 5.74) is -0.988. The fourth-order valence-electron chi connectivity index (χ4n) is 2.81. The summed E-state index contributed by atoms with van der Waals surface area (Å²) in [6.45, 7) is 3.25. The minimum Gasteiger partial charge on any atom is -0.465 e. The number of halogens is 1. The van der Waals surface area contributed by atoms with Gasteiger partial charge in [-0.15, -0.1) is 0 Å². The fourth-order valence-corrected chi connectivity index (χ4v) is 5.00. The number of rotatable bonds is 5. The van der Waals surface area contributed by atoms with Crippen molar-refractivity contribution in [3.63, 3.8) is 0 Å². The summed E-state index contributed by atoms with van der Waals surface area (Å²) < 4.78 is 30.5. The highest BCUT2D eigenvalue weighted by Gasteiger charge is 2.77. The number of carbonyl (C=O) groups excluding carboxylic acids is 1. The van der Waals surface area contributed by atoms with Gasteiger partial charge in [-0.05, 0) is 24.6 Å². The summed E-state index contributed by atoms with van der Waals surface area (Å²) in [4.78, 5) is 12.3. The molecule has 0 bridgehead atoms. The van der Waals surface area contributed by atoms with Crippen molar-refractivity contribution in [1.29, 1.82) is 5.26 Å². The van der Waals surface area contributed by atoms with Crippen LogP contribution in [0.1, 0.15) is 25.3 Å². The Morgan fingerprint density at radius 3 is 2.41 bits per heavy atom. The topological polar surface area (TPSA) is 84.2 Å². The van der Waals surface area contributed by atoms with E-state index in [1.165, 1.54) is 6.92 Å². The largest absolute Gasteiger partial charge is 0.465 e. The van der Waals surface area contributed by atoms with E-state index >= 15 is 0 Å². The van der Waals surface area contributed by atoms with Crippen molar-refractivity contribution in [3.8, 4) is 6.07 Å². The van der Waals surface area contributed by atoms with Crippen LogP contribution in [0, 0.1) is 16.7 Å². The molecule has 1 saturated carbocycles. The van der Waals surface area contributed by atoms with Crippen molar-refractivity contribution >= 4 is 31.7 Å². The number of esters is 1. The second-order valence-electron chi connectivity index (χ2n) is 5.10. The maximum absolute atomic E-state index is 12.3. The Labute approximate surface area is 138 Å². The molecule has 0 spiro atoms. The van der Waals surface area contributed by atoms with Crippen molar-refractivity contribution in [1.82, 2.24) is 0 Å². The number of carbonyl (C=O) groups is 1. The summed E-state index contributed by atoms with van der Waals surface area (Å²) in [5, 5.41) is 8.50. The lowest BCUT2D eigenvalue weighted by Crippen LogP contribution is -2.26. The number of nitriles is 1. The van der Waals surface area contributed by atoms with Crippen molar-refractivity contribution < 1.29 is 17.9 Å². The van der Waals surface area contributed by atoms with Crippen molar-refractivity contribution in [3.05, 3.63) is 34.3 Å². The van der Waals surface area contributed by atoms with Gasteiger partial charge < -0.3 is 4.74 Å². The van der Waals surface area contributed by atoms with Gasteiger partial charge in [-0.3, -0.25) is 4.79 Å². The molecule has 0 aromatic heterocycles. The zero-order valence-corrected chi connectivity index (χ0v) is 14.6. The number of benzene rings is 1. The second kappa shape index (κ2) is 6.01. The van der Waals surface area contributed by atoms with E-state index in [4.69, 9.17) is 4.74 Å². The van der Waals surface area contributed by atoms with Crippen molar-refractivity contribution in [2.45, 2.75) is 25.0 Å². The summed E-state index contributed by atoms with van der Waals surface area (Å²) in [7, 11) is -3.55. The highest BCUT2D eigenvalue weighted by molar-refractivity contribution is 9.10. The third kappa shape index (κ3) is 2.55. The average molecular weight is 386 g/mol. The lowest BCUT2D eigenvalue weighted by atomic mass is 10.0. The monoisotopic (exact) mass is 385 g/mol. The first-order chi connectivity index (χ1) is 10.3. The summed E-state index contributed by atoms with van der Waals surface area (Å²) in [6.07, 6.45) is 0. The molecule has 118 valence electrons. The van der Waals surface area contributed by atoms with Gasteiger partial charge in [-0.25, -0.2) is 8.42 Å². The Balaban J connectivity index is 2.52. The van der Waals surface area contributed by atoms with E-state index in [0.29, 0.717) is 5.56 Å². The van der Waals surface area contributed by atoms with Crippen LogP contribution in [-0.2, 0) is 19.4 Å². The quantitative estimate of drug-likeness (QED) is 0.726. The maximum atomic E-state index is 12.3. The third-order valence-electron chi connectivity index (χ3n) is 3.95. The van der Waals surface area contributed by atoms with E-state index in [9.17, 15) is 18.5 Å². The summed E-state index contributed by atoms with van der Waals surface area (Å²) >= 11 is 3.31. The van der Waals surface area contributed by atoms with Crippen LogP contribution >= 0.6 is 15.9 Å². The van der Waals surface area contributed by atoms with Crippen LogP contribution in [0.15, 0.2) is 28.7 Å². The summed E-state index contributed by atoms with van der Waals surface area (Å²) in [5.74, 6) is -1.56. The van der Waals surface area contributed by atoms with E-state index in [2.05, 4.69) is 15.9 Å². The molecule has 1 aliphatic rings. The normalized spacial score (nSPS) is 27.0. The van der Waals surface area contributed by atoms with E-state index in [1.807, 2.05) is 6.07 Å². The zero-order chi connectivity index (χ0) is 16.5. The average Bonchev–Trinajstić information content (AvgIpc) is 3.20. The Bertz CT molecular complexity index is 723. The molecule has 0 unspecified atom stereocenters. The van der Waals surface area contributed by atoms with Crippen LogP contribution in [0.4, 0.5) is 0 Å². The second-order valence-corrected chi connectivity index (χ2v) is 8.43. The Morgan fingerprint density at radius 2 is 1.95 bits per heavy atom. The Morgan fingerprint density at radius 1 is 1.36 bits per heavy atom. The summed E-state index contributed by atoms with van der Waals surface area (Å²) in [6, 6.07) is 8.90. The minimum atomic E-state index is -3.55. The molecule has 22 heavy (non-hydrogen) atoms. The molecule has 1 aromatic carbocycles. The van der Waals surface area contributed by atoms with Crippen LogP contribution in [0.2, 0.25) is 0 Å². The molecule has 2 rings (SSSR count). The molecule has 0 radical (unpaired) electrons. The van der Waals surface area contributed by atoms with Gasteiger partial charge in [-0.1, -0.05) is 35.0 Å². The first kappa shape index (κ1) is 17.0. The van der Waals surface area contributed by atoms with Gasteiger partial charge in [0.25, 0.3) is 0 Å². The molecule has 3 atom stereocenters. The number of sulfone groups is 1. The van der Waals surface area contributed by atoms with Crippen LogP contribution in [-0.4, -0.2) is 32.0 Å². The molecule has 5 nitrogen and oxygen atoms in total. The SMILES string of the molecule is CCOC(=O)[C@@]1(C#N)[C@H](c2ccc(Br)cc2)[C@@H]1S(=O)(=O)CC. The van der Waals surface area contributed by atoms with Gasteiger partial charge >= 0.3 is 5.97 Å². The lowest BCUT2D eigenvalue weighted by molar-refractivity contribution is -0.147. The van der Waals surface area contributed by atoms with Crippen LogP contribution < -0.4 is 0 Å². The first-order valence-corrected chi connectivity index (χ1v) is 9.41. The maximum Gasteiger partial charge on any atom is 0.328 e. The zero-order valence-electron chi connectivity index (χ0n) is 12.2. The smallest absolute Gasteiger partial charge is 0.328 e. The molecule has 0 saturated heterocycles. The van der Waals surface area contributed by atoms with Gasteiger partial charge in [0.1, 0.15) is 5.25 Å². The van der Waals surface area contributed by atoms with E-state index < -0.39 is 32.4 Å². The van der Waals surface area contributed by atoms with Gasteiger partial charge in [0.15, 0.2) is 15.3 Å². The van der Waals surface area contributed by atoms with Crippen LogP contribution in [0.3, 0.4) is 0 Å². The number of hydrogen-bond acceptors (Lipinski definition) is 5.